The van der Waals surface area contributed by atoms with E-state index in [-0.39, 0.29) is 12.1 Å². The van der Waals surface area contributed by atoms with Crippen molar-refractivity contribution in [2.45, 2.75) is 18.7 Å². The molecule has 1 aromatic rings. The van der Waals surface area contributed by atoms with Gasteiger partial charge in [0.1, 0.15) is 5.75 Å². The lowest BCUT2D eigenvalue weighted by Gasteiger charge is -2.16. The van der Waals surface area contributed by atoms with Crippen molar-refractivity contribution in [1.82, 2.24) is 0 Å². The smallest absolute Gasteiger partial charge is 0.406 e. The highest BCUT2D eigenvalue weighted by Gasteiger charge is 2.41. The summed E-state index contributed by atoms with van der Waals surface area (Å²) in [5.41, 5.74) is -3.28. The molecule has 1 aromatic carbocycles. The molecule has 0 saturated carbocycles. The SMILES string of the molecule is O=C(Nc1ccc(OC(F)(F)F)cc1C(F)(F)F)C(F)(F)F. The summed E-state index contributed by atoms with van der Waals surface area (Å²) in [6.07, 6.45) is -16.1. The summed E-state index contributed by atoms with van der Waals surface area (Å²) in [5, 5.41) is 0.926. The Morgan fingerprint density at radius 3 is 1.91 bits per heavy atom. The third-order valence-electron chi connectivity index (χ3n) is 2.04. The Hall–Kier alpha value is -2.14. The van der Waals surface area contributed by atoms with E-state index in [4.69, 9.17) is 0 Å². The van der Waals surface area contributed by atoms with Gasteiger partial charge in [-0.1, -0.05) is 0 Å². The van der Waals surface area contributed by atoms with Crippen LogP contribution in [-0.2, 0) is 11.0 Å². The summed E-state index contributed by atoms with van der Waals surface area (Å²) >= 11 is 0. The fourth-order valence-corrected chi connectivity index (χ4v) is 1.26. The monoisotopic (exact) mass is 341 g/mol. The maximum absolute atomic E-state index is 12.6. The van der Waals surface area contributed by atoms with Crippen molar-refractivity contribution in [3.05, 3.63) is 23.8 Å². The van der Waals surface area contributed by atoms with Crippen molar-refractivity contribution >= 4 is 11.6 Å². The van der Waals surface area contributed by atoms with Gasteiger partial charge in [-0.3, -0.25) is 4.79 Å². The van der Waals surface area contributed by atoms with E-state index in [1.54, 1.807) is 0 Å². The summed E-state index contributed by atoms with van der Waals surface area (Å²) in [6.45, 7) is 0. The second-order valence-corrected chi connectivity index (χ2v) is 3.70. The van der Waals surface area contributed by atoms with Crippen LogP contribution < -0.4 is 10.1 Å². The van der Waals surface area contributed by atoms with Crippen LogP contribution in [-0.4, -0.2) is 18.4 Å². The van der Waals surface area contributed by atoms with E-state index < -0.39 is 41.6 Å². The minimum atomic E-state index is -5.47. The molecule has 0 heterocycles. The van der Waals surface area contributed by atoms with Gasteiger partial charge in [-0.05, 0) is 18.2 Å². The number of alkyl halides is 9. The number of halogens is 9. The summed E-state index contributed by atoms with van der Waals surface area (Å²) in [6, 6.07) is 0.363. The molecule has 0 fully saturated rings. The van der Waals surface area contributed by atoms with Gasteiger partial charge in [-0.15, -0.1) is 13.2 Å². The van der Waals surface area contributed by atoms with Crippen molar-refractivity contribution in [3.8, 4) is 5.75 Å². The number of ether oxygens (including phenoxy) is 1. The molecule has 3 nitrogen and oxygen atoms in total. The molecule has 0 atom stereocenters. The number of nitrogens with one attached hydrogen (secondary N) is 1. The Kier molecular flexibility index (Phi) is 4.54. The first-order valence-electron chi connectivity index (χ1n) is 5.05. The number of amides is 1. The average molecular weight is 341 g/mol. The molecule has 0 aliphatic rings. The van der Waals surface area contributed by atoms with Crippen LogP contribution >= 0.6 is 0 Å². The normalized spacial score (nSPS) is 13.0. The van der Waals surface area contributed by atoms with E-state index in [9.17, 15) is 44.3 Å². The molecule has 22 heavy (non-hydrogen) atoms. The zero-order chi connectivity index (χ0) is 17.3. The number of hydrogen-bond acceptors (Lipinski definition) is 2. The fraction of sp³-hybridized carbons (Fsp3) is 0.300. The largest absolute Gasteiger partial charge is 0.573 e. The van der Waals surface area contributed by atoms with Crippen LogP contribution in [0.2, 0.25) is 0 Å². The van der Waals surface area contributed by atoms with E-state index in [0.717, 1.165) is 5.32 Å². The molecule has 0 unspecified atom stereocenters. The van der Waals surface area contributed by atoms with Crippen molar-refractivity contribution in [1.29, 1.82) is 0 Å². The predicted octanol–water partition coefficient (Wildman–Crippen LogP) is 4.10. The molecule has 12 heteroatoms. The number of carbonyl (C=O) groups excluding carboxylic acids is 1. The molecular formula is C10H4F9NO2. The lowest BCUT2D eigenvalue weighted by Crippen LogP contribution is -2.31. The predicted molar refractivity (Wildman–Crippen MR) is 52.8 cm³/mol. The highest BCUT2D eigenvalue weighted by atomic mass is 19.4. The van der Waals surface area contributed by atoms with Crippen LogP contribution in [0, 0.1) is 0 Å². The first-order chi connectivity index (χ1) is 9.70. The standard InChI is InChI=1S/C10H4F9NO2/c11-8(12,13)5-3-4(22-10(17,18)19)1-2-6(5)20-7(21)9(14,15)16/h1-3H,(H,20,21). The van der Waals surface area contributed by atoms with Gasteiger partial charge in [0.25, 0.3) is 0 Å². The molecule has 1 N–H and O–H groups in total. The molecular weight excluding hydrogens is 337 g/mol. The number of anilines is 1. The van der Waals surface area contributed by atoms with Gasteiger partial charge in [0, 0.05) is 0 Å². The van der Waals surface area contributed by atoms with Gasteiger partial charge in [-0.2, -0.15) is 26.3 Å². The van der Waals surface area contributed by atoms with Crippen LogP contribution in [0.4, 0.5) is 45.2 Å². The van der Waals surface area contributed by atoms with E-state index in [1.807, 2.05) is 0 Å². The summed E-state index contributed by atoms with van der Waals surface area (Å²) in [7, 11) is 0. The summed E-state index contributed by atoms with van der Waals surface area (Å²) < 4.78 is 113. The van der Waals surface area contributed by atoms with Crippen LogP contribution in [0.5, 0.6) is 5.75 Å². The summed E-state index contributed by atoms with van der Waals surface area (Å²) in [4.78, 5) is 10.6. The number of benzene rings is 1. The molecule has 0 aromatic heterocycles. The van der Waals surface area contributed by atoms with Crippen molar-refractivity contribution in [3.63, 3.8) is 0 Å². The van der Waals surface area contributed by atoms with Gasteiger partial charge in [0.2, 0.25) is 0 Å². The zero-order valence-corrected chi connectivity index (χ0v) is 9.95. The Bertz CT molecular complexity index is 559. The van der Waals surface area contributed by atoms with Gasteiger partial charge in [0.15, 0.2) is 0 Å². The third kappa shape index (κ3) is 5.00. The van der Waals surface area contributed by atoms with Crippen molar-refractivity contribution < 1.29 is 49.0 Å². The maximum atomic E-state index is 12.6. The molecule has 0 aliphatic heterocycles. The van der Waals surface area contributed by atoms with Gasteiger partial charge in [-0.25, -0.2) is 0 Å². The molecule has 1 amide bonds. The Balaban J connectivity index is 3.21. The second-order valence-electron chi connectivity index (χ2n) is 3.70. The van der Waals surface area contributed by atoms with Crippen LogP contribution in [0.15, 0.2) is 18.2 Å². The molecule has 0 bridgehead atoms. The highest BCUT2D eigenvalue weighted by Crippen LogP contribution is 2.38. The van der Waals surface area contributed by atoms with Crippen LogP contribution in [0.1, 0.15) is 5.56 Å². The molecule has 0 spiro atoms. The molecule has 0 saturated heterocycles. The number of hydrogen-bond donors (Lipinski definition) is 1. The Morgan fingerprint density at radius 1 is 0.955 bits per heavy atom. The second kappa shape index (κ2) is 5.57. The van der Waals surface area contributed by atoms with E-state index in [2.05, 4.69) is 4.74 Å². The maximum Gasteiger partial charge on any atom is 0.573 e. The minimum Gasteiger partial charge on any atom is -0.406 e. The highest BCUT2D eigenvalue weighted by molar-refractivity contribution is 5.95. The summed E-state index contributed by atoms with van der Waals surface area (Å²) in [5.74, 6) is -4.01. The lowest BCUT2D eigenvalue weighted by molar-refractivity contribution is -0.274. The van der Waals surface area contributed by atoms with Crippen LogP contribution in [0.25, 0.3) is 0 Å². The third-order valence-corrected chi connectivity index (χ3v) is 2.04. The van der Waals surface area contributed by atoms with Gasteiger partial charge in [0.05, 0.1) is 11.3 Å². The number of rotatable bonds is 2. The number of carbonyl (C=O) groups is 1. The fourth-order valence-electron chi connectivity index (χ4n) is 1.26. The first kappa shape index (κ1) is 17.9. The van der Waals surface area contributed by atoms with Gasteiger partial charge < -0.3 is 10.1 Å². The molecule has 1 rings (SSSR count). The quantitative estimate of drug-likeness (QED) is 0.823. The Labute approximate surface area is 115 Å². The molecule has 0 radical (unpaired) electrons. The topological polar surface area (TPSA) is 38.3 Å². The first-order valence-corrected chi connectivity index (χ1v) is 5.05. The van der Waals surface area contributed by atoms with Crippen LogP contribution in [0.3, 0.4) is 0 Å². The zero-order valence-electron chi connectivity index (χ0n) is 9.95. The van der Waals surface area contributed by atoms with Gasteiger partial charge >= 0.3 is 24.6 Å². The van der Waals surface area contributed by atoms with Crippen molar-refractivity contribution in [2.24, 2.45) is 0 Å². The van der Waals surface area contributed by atoms with E-state index in [1.165, 1.54) is 0 Å². The molecule has 0 aliphatic carbocycles. The molecule has 124 valence electrons. The average Bonchev–Trinajstić information content (AvgIpc) is 2.26. The lowest BCUT2D eigenvalue weighted by atomic mass is 10.1. The van der Waals surface area contributed by atoms with E-state index >= 15 is 0 Å². The minimum absolute atomic E-state index is 0.181. The van der Waals surface area contributed by atoms with E-state index in [0.29, 0.717) is 6.07 Å². The Morgan fingerprint density at radius 2 is 1.50 bits per heavy atom. The van der Waals surface area contributed by atoms with Crippen molar-refractivity contribution in [2.75, 3.05) is 5.32 Å².